The molecule has 1 aromatic rings. The lowest BCUT2D eigenvalue weighted by Gasteiger charge is -2.32. The maximum Gasteiger partial charge on any atom is 0.249 e. The minimum Gasteiger partial charge on any atom is -0.497 e. The summed E-state index contributed by atoms with van der Waals surface area (Å²) < 4.78 is 11.0. The quantitative estimate of drug-likeness (QED) is 0.872. The number of hydrogen-bond donors (Lipinski definition) is 2. The SMILES string of the molecule is COc1ccc(C2(NC(=O)[C@@H]3CC[C@H](CN)O3)CCCC2)cc1. The number of nitrogens with one attached hydrogen (secondary N) is 1. The van der Waals surface area contributed by atoms with E-state index in [0.717, 1.165) is 49.8 Å². The van der Waals surface area contributed by atoms with Crippen LogP contribution >= 0.6 is 0 Å². The molecule has 1 heterocycles. The molecule has 0 aromatic heterocycles. The summed E-state index contributed by atoms with van der Waals surface area (Å²) in [7, 11) is 1.66. The van der Waals surface area contributed by atoms with E-state index >= 15 is 0 Å². The summed E-state index contributed by atoms with van der Waals surface area (Å²) in [4.78, 5) is 12.7. The third kappa shape index (κ3) is 3.35. The van der Waals surface area contributed by atoms with Crippen LogP contribution in [0.5, 0.6) is 5.75 Å². The Kier molecular flexibility index (Phi) is 4.87. The lowest BCUT2D eigenvalue weighted by Crippen LogP contribution is -2.48. The van der Waals surface area contributed by atoms with Crippen molar-refractivity contribution in [3.05, 3.63) is 29.8 Å². The molecule has 5 nitrogen and oxygen atoms in total. The van der Waals surface area contributed by atoms with Gasteiger partial charge >= 0.3 is 0 Å². The zero-order valence-electron chi connectivity index (χ0n) is 13.7. The zero-order valence-corrected chi connectivity index (χ0v) is 13.7. The van der Waals surface area contributed by atoms with Gasteiger partial charge in [0.25, 0.3) is 0 Å². The van der Waals surface area contributed by atoms with Crippen LogP contribution in [0.15, 0.2) is 24.3 Å². The third-order valence-electron chi connectivity index (χ3n) is 5.13. The van der Waals surface area contributed by atoms with Crippen molar-refractivity contribution in [2.75, 3.05) is 13.7 Å². The van der Waals surface area contributed by atoms with Crippen LogP contribution < -0.4 is 15.8 Å². The number of hydrogen-bond acceptors (Lipinski definition) is 4. The van der Waals surface area contributed by atoms with Gasteiger partial charge in [-0.3, -0.25) is 4.79 Å². The molecule has 3 rings (SSSR count). The van der Waals surface area contributed by atoms with Crippen molar-refractivity contribution in [3.8, 4) is 5.75 Å². The van der Waals surface area contributed by atoms with Gasteiger partial charge in [-0.1, -0.05) is 25.0 Å². The van der Waals surface area contributed by atoms with Crippen LogP contribution in [0.3, 0.4) is 0 Å². The first-order valence-corrected chi connectivity index (χ1v) is 8.49. The molecule has 0 spiro atoms. The fourth-order valence-corrected chi connectivity index (χ4v) is 3.76. The van der Waals surface area contributed by atoms with Gasteiger partial charge in [0.1, 0.15) is 11.9 Å². The highest BCUT2D eigenvalue weighted by molar-refractivity contribution is 5.82. The molecule has 3 N–H and O–H groups in total. The Morgan fingerprint density at radius 1 is 1.30 bits per heavy atom. The van der Waals surface area contributed by atoms with Gasteiger partial charge in [-0.25, -0.2) is 0 Å². The van der Waals surface area contributed by atoms with Crippen LogP contribution in [0.1, 0.15) is 44.1 Å². The van der Waals surface area contributed by atoms with Gasteiger partial charge in [0.15, 0.2) is 0 Å². The van der Waals surface area contributed by atoms with Crippen LogP contribution in [0.25, 0.3) is 0 Å². The minimum absolute atomic E-state index is 0.00123. The molecular formula is C18H26N2O3. The summed E-state index contributed by atoms with van der Waals surface area (Å²) in [5, 5.41) is 3.29. The predicted molar refractivity (Wildman–Crippen MR) is 88.2 cm³/mol. The van der Waals surface area contributed by atoms with E-state index in [-0.39, 0.29) is 23.7 Å². The Morgan fingerprint density at radius 3 is 2.57 bits per heavy atom. The monoisotopic (exact) mass is 318 g/mol. The van der Waals surface area contributed by atoms with Gasteiger partial charge in [-0.05, 0) is 43.4 Å². The molecule has 1 aliphatic carbocycles. The molecule has 1 amide bonds. The molecule has 1 aromatic carbocycles. The van der Waals surface area contributed by atoms with E-state index in [4.69, 9.17) is 15.2 Å². The summed E-state index contributed by atoms with van der Waals surface area (Å²) in [6, 6.07) is 8.03. The second-order valence-electron chi connectivity index (χ2n) is 6.57. The number of benzene rings is 1. The highest BCUT2D eigenvalue weighted by Crippen LogP contribution is 2.39. The van der Waals surface area contributed by atoms with Gasteiger partial charge in [0, 0.05) is 6.54 Å². The second-order valence-corrected chi connectivity index (χ2v) is 6.57. The average Bonchev–Trinajstić information content (AvgIpc) is 3.25. The van der Waals surface area contributed by atoms with E-state index in [2.05, 4.69) is 17.4 Å². The fourth-order valence-electron chi connectivity index (χ4n) is 3.76. The number of carbonyl (C=O) groups is 1. The first kappa shape index (κ1) is 16.3. The Hall–Kier alpha value is -1.59. The third-order valence-corrected chi connectivity index (χ3v) is 5.13. The number of nitrogens with two attached hydrogens (primary N) is 1. The van der Waals surface area contributed by atoms with E-state index in [1.54, 1.807) is 7.11 Å². The molecule has 23 heavy (non-hydrogen) atoms. The van der Waals surface area contributed by atoms with Crippen LogP contribution in [0.4, 0.5) is 0 Å². The normalized spacial score (nSPS) is 26.2. The highest BCUT2D eigenvalue weighted by Gasteiger charge is 2.40. The van der Waals surface area contributed by atoms with Crippen molar-refractivity contribution in [2.24, 2.45) is 5.73 Å². The summed E-state index contributed by atoms with van der Waals surface area (Å²) in [6.45, 7) is 0.480. The molecule has 1 aliphatic heterocycles. The molecule has 2 fully saturated rings. The molecule has 2 atom stereocenters. The maximum absolute atomic E-state index is 12.7. The smallest absolute Gasteiger partial charge is 0.249 e. The summed E-state index contributed by atoms with van der Waals surface area (Å²) >= 11 is 0. The van der Waals surface area contributed by atoms with E-state index in [0.29, 0.717) is 6.54 Å². The zero-order chi connectivity index (χ0) is 16.3. The van der Waals surface area contributed by atoms with Crippen molar-refractivity contribution in [1.82, 2.24) is 5.32 Å². The standard InChI is InChI=1S/C18H26N2O3/c1-22-14-6-4-13(5-7-14)18(10-2-3-11-18)20-17(21)16-9-8-15(12-19)23-16/h4-7,15-16H,2-3,8-12,19H2,1H3,(H,20,21)/t15-,16+/m1/s1. The Balaban J connectivity index is 1.74. The number of rotatable bonds is 5. The van der Waals surface area contributed by atoms with E-state index in [1.165, 1.54) is 0 Å². The van der Waals surface area contributed by atoms with Crippen LogP contribution in [0, 0.1) is 0 Å². The van der Waals surface area contributed by atoms with Crippen molar-refractivity contribution in [3.63, 3.8) is 0 Å². The predicted octanol–water partition coefficient (Wildman–Crippen LogP) is 2.09. The second kappa shape index (κ2) is 6.89. The molecule has 1 saturated heterocycles. The molecular weight excluding hydrogens is 292 g/mol. The van der Waals surface area contributed by atoms with Gasteiger partial charge in [-0.15, -0.1) is 0 Å². The van der Waals surface area contributed by atoms with Gasteiger partial charge < -0.3 is 20.5 Å². The summed E-state index contributed by atoms with van der Waals surface area (Å²) in [5.41, 5.74) is 6.52. The van der Waals surface area contributed by atoms with E-state index < -0.39 is 0 Å². The molecule has 2 aliphatic rings. The Labute approximate surface area is 137 Å². The highest BCUT2D eigenvalue weighted by atomic mass is 16.5. The lowest BCUT2D eigenvalue weighted by molar-refractivity contribution is -0.134. The first-order valence-electron chi connectivity index (χ1n) is 8.49. The maximum atomic E-state index is 12.7. The number of methoxy groups -OCH3 is 1. The van der Waals surface area contributed by atoms with E-state index in [9.17, 15) is 4.79 Å². The van der Waals surface area contributed by atoms with Gasteiger partial charge in [0.05, 0.1) is 18.8 Å². The van der Waals surface area contributed by atoms with Crippen LogP contribution in [0.2, 0.25) is 0 Å². The lowest BCUT2D eigenvalue weighted by atomic mass is 9.87. The summed E-state index contributed by atoms with van der Waals surface area (Å²) in [6.07, 6.45) is 5.48. The van der Waals surface area contributed by atoms with E-state index in [1.807, 2.05) is 12.1 Å². The number of carbonyl (C=O) groups excluding carboxylic acids is 1. The van der Waals surface area contributed by atoms with Crippen molar-refractivity contribution < 1.29 is 14.3 Å². The van der Waals surface area contributed by atoms with Gasteiger partial charge in [0.2, 0.25) is 5.91 Å². The van der Waals surface area contributed by atoms with Crippen LogP contribution in [-0.4, -0.2) is 31.8 Å². The topological polar surface area (TPSA) is 73.6 Å². The number of amides is 1. The molecule has 0 unspecified atom stereocenters. The molecule has 5 heteroatoms. The Bertz CT molecular complexity index is 538. The van der Waals surface area contributed by atoms with Crippen molar-refractivity contribution >= 4 is 5.91 Å². The molecule has 1 saturated carbocycles. The minimum atomic E-state index is -0.362. The van der Waals surface area contributed by atoms with Crippen LogP contribution in [-0.2, 0) is 15.1 Å². The van der Waals surface area contributed by atoms with Gasteiger partial charge in [-0.2, -0.15) is 0 Å². The van der Waals surface area contributed by atoms with Crippen molar-refractivity contribution in [2.45, 2.75) is 56.3 Å². The first-order chi connectivity index (χ1) is 11.2. The van der Waals surface area contributed by atoms with Crippen molar-refractivity contribution in [1.29, 1.82) is 0 Å². The molecule has 126 valence electrons. The largest absolute Gasteiger partial charge is 0.497 e. The average molecular weight is 318 g/mol. The fraction of sp³-hybridized carbons (Fsp3) is 0.611. The molecule has 0 radical (unpaired) electrons. The Morgan fingerprint density at radius 2 is 2.00 bits per heavy atom. The number of ether oxygens (including phenoxy) is 2. The summed E-state index contributed by atoms with van der Waals surface area (Å²) in [5.74, 6) is 0.830. The molecule has 0 bridgehead atoms.